The average Bonchev–Trinajstić information content (AvgIpc) is 2.83. The Bertz CT molecular complexity index is 1250. The predicted octanol–water partition coefficient (Wildman–Crippen LogP) is 4.32. The highest BCUT2D eigenvalue weighted by molar-refractivity contribution is 9.10. The molecule has 0 fully saturated rings. The van der Waals surface area contributed by atoms with Crippen LogP contribution >= 0.6 is 31.9 Å². The van der Waals surface area contributed by atoms with Gasteiger partial charge in [0.05, 0.1) is 31.0 Å². The fraction of sp³-hybridized carbons (Fsp3) is 0.0833. The third kappa shape index (κ3) is 7.00. The second-order valence-electron chi connectivity index (χ2n) is 6.77. The van der Waals surface area contributed by atoms with Crippen LogP contribution in [0.2, 0.25) is 0 Å². The summed E-state index contributed by atoms with van der Waals surface area (Å²) in [6.07, 6.45) is 1.40. The molecule has 3 rings (SSSR count). The average molecular weight is 589 g/mol. The van der Waals surface area contributed by atoms with Crippen molar-refractivity contribution in [2.75, 3.05) is 13.7 Å². The quantitative estimate of drug-likeness (QED) is 0.176. The van der Waals surface area contributed by atoms with Gasteiger partial charge in [-0.25, -0.2) is 10.2 Å². The van der Waals surface area contributed by atoms with E-state index < -0.39 is 11.9 Å². The van der Waals surface area contributed by atoms with Gasteiger partial charge < -0.3 is 14.8 Å². The fourth-order valence-electron chi connectivity index (χ4n) is 2.74. The van der Waals surface area contributed by atoms with Gasteiger partial charge >= 0.3 is 5.97 Å². The molecule has 34 heavy (non-hydrogen) atoms. The molecule has 3 aromatic carbocycles. The summed E-state index contributed by atoms with van der Waals surface area (Å²) in [7, 11) is 1.45. The summed E-state index contributed by atoms with van der Waals surface area (Å²) >= 11 is 6.61. The van der Waals surface area contributed by atoms with Crippen molar-refractivity contribution in [3.05, 3.63) is 92.4 Å². The number of hydrazone groups is 1. The highest BCUT2D eigenvalue weighted by Crippen LogP contribution is 2.28. The van der Waals surface area contributed by atoms with Crippen LogP contribution in [0.3, 0.4) is 0 Å². The molecule has 8 nitrogen and oxygen atoms in total. The molecule has 0 bridgehead atoms. The SMILES string of the molecule is COc1cc(/C=N\NC(=O)CNC(=O)c2ccccc2Br)ccc1OC(=O)c1cccc(Br)c1. The lowest BCUT2D eigenvalue weighted by Crippen LogP contribution is -2.35. The van der Waals surface area contributed by atoms with E-state index in [0.717, 1.165) is 4.47 Å². The number of nitrogens with one attached hydrogen (secondary N) is 2. The van der Waals surface area contributed by atoms with Gasteiger partial charge in [-0.1, -0.05) is 34.1 Å². The zero-order valence-corrected chi connectivity index (χ0v) is 21.1. The Kier molecular flexibility index (Phi) is 8.94. The maximum absolute atomic E-state index is 12.4. The van der Waals surface area contributed by atoms with Gasteiger partial charge in [-0.3, -0.25) is 9.59 Å². The second-order valence-corrected chi connectivity index (χ2v) is 8.54. The van der Waals surface area contributed by atoms with Gasteiger partial charge in [0.2, 0.25) is 0 Å². The van der Waals surface area contributed by atoms with Crippen molar-refractivity contribution >= 4 is 55.9 Å². The van der Waals surface area contributed by atoms with Crippen LogP contribution < -0.4 is 20.2 Å². The maximum atomic E-state index is 12.4. The summed E-state index contributed by atoms with van der Waals surface area (Å²) in [5.41, 5.74) is 3.74. The van der Waals surface area contributed by atoms with Crippen LogP contribution in [0.5, 0.6) is 11.5 Å². The van der Waals surface area contributed by atoms with Crippen LogP contribution in [0.4, 0.5) is 0 Å². The van der Waals surface area contributed by atoms with Gasteiger partial charge in [-0.2, -0.15) is 5.10 Å². The first-order valence-electron chi connectivity index (χ1n) is 9.88. The highest BCUT2D eigenvalue weighted by Gasteiger charge is 2.13. The van der Waals surface area contributed by atoms with Crippen molar-refractivity contribution in [1.29, 1.82) is 0 Å². The molecule has 2 N–H and O–H groups in total. The van der Waals surface area contributed by atoms with E-state index in [4.69, 9.17) is 9.47 Å². The van der Waals surface area contributed by atoms with Gasteiger partial charge in [0.25, 0.3) is 11.8 Å². The number of carbonyl (C=O) groups is 3. The Labute approximate surface area is 212 Å². The Morgan fingerprint density at radius 1 is 0.971 bits per heavy atom. The number of esters is 1. The molecule has 0 unspecified atom stereocenters. The Hall–Kier alpha value is -3.50. The first-order chi connectivity index (χ1) is 16.4. The zero-order valence-electron chi connectivity index (χ0n) is 17.9. The second kappa shape index (κ2) is 12.1. The van der Waals surface area contributed by atoms with Crippen LogP contribution in [0, 0.1) is 0 Å². The molecule has 0 aliphatic rings. The zero-order chi connectivity index (χ0) is 24.5. The summed E-state index contributed by atoms with van der Waals surface area (Å²) in [5, 5.41) is 6.40. The van der Waals surface area contributed by atoms with E-state index >= 15 is 0 Å². The highest BCUT2D eigenvalue weighted by atomic mass is 79.9. The Morgan fingerprint density at radius 3 is 2.50 bits per heavy atom. The van der Waals surface area contributed by atoms with Crippen LogP contribution in [-0.2, 0) is 4.79 Å². The first kappa shape index (κ1) is 25.1. The molecule has 0 aliphatic carbocycles. The molecule has 3 aromatic rings. The molecule has 10 heteroatoms. The Morgan fingerprint density at radius 2 is 1.76 bits per heavy atom. The number of halogens is 2. The van der Waals surface area contributed by atoms with E-state index in [1.165, 1.54) is 13.3 Å². The number of rotatable bonds is 8. The van der Waals surface area contributed by atoms with Crippen molar-refractivity contribution in [1.82, 2.24) is 10.7 Å². The molecule has 2 amide bonds. The van der Waals surface area contributed by atoms with E-state index in [-0.39, 0.29) is 18.2 Å². The topological polar surface area (TPSA) is 106 Å². The molecular formula is C24H19Br2N3O5. The summed E-state index contributed by atoms with van der Waals surface area (Å²) in [6.45, 7) is -0.245. The fourth-order valence-corrected chi connectivity index (χ4v) is 3.61. The number of ether oxygens (including phenoxy) is 2. The van der Waals surface area contributed by atoms with Crippen LogP contribution in [-0.4, -0.2) is 37.7 Å². The molecule has 0 saturated heterocycles. The lowest BCUT2D eigenvalue weighted by atomic mass is 10.2. The standard InChI is InChI=1S/C24H19Br2N3O5/c1-33-21-11-15(9-10-20(21)34-24(32)16-5-4-6-17(25)12-16)13-28-29-22(30)14-27-23(31)18-7-2-3-8-19(18)26/h2-13H,14H2,1H3,(H,27,31)(H,29,30)/b28-13-. The minimum absolute atomic E-state index is 0.239. The molecular weight excluding hydrogens is 570 g/mol. The van der Waals surface area contributed by atoms with E-state index in [1.54, 1.807) is 66.7 Å². The lowest BCUT2D eigenvalue weighted by Gasteiger charge is -2.10. The van der Waals surface area contributed by atoms with Crippen LogP contribution in [0.15, 0.2) is 80.8 Å². The lowest BCUT2D eigenvalue weighted by molar-refractivity contribution is -0.120. The van der Waals surface area contributed by atoms with Gasteiger partial charge in [0, 0.05) is 8.95 Å². The van der Waals surface area contributed by atoms with Crippen molar-refractivity contribution < 1.29 is 23.9 Å². The minimum Gasteiger partial charge on any atom is -0.493 e. The molecule has 0 aliphatic heterocycles. The summed E-state index contributed by atoms with van der Waals surface area (Å²) in [6, 6.07) is 18.5. The van der Waals surface area contributed by atoms with Gasteiger partial charge in [-0.05, 0) is 70.0 Å². The molecule has 0 heterocycles. The van der Waals surface area contributed by atoms with Crippen molar-refractivity contribution in [2.45, 2.75) is 0 Å². The monoisotopic (exact) mass is 587 g/mol. The molecule has 0 atom stereocenters. The number of hydrogen-bond donors (Lipinski definition) is 2. The molecule has 0 spiro atoms. The minimum atomic E-state index is -0.530. The third-order valence-electron chi connectivity index (χ3n) is 4.38. The number of hydrogen-bond acceptors (Lipinski definition) is 6. The number of amides is 2. The van der Waals surface area contributed by atoms with E-state index in [2.05, 4.69) is 47.7 Å². The van der Waals surface area contributed by atoms with Gasteiger partial charge in [-0.15, -0.1) is 0 Å². The number of methoxy groups -OCH3 is 1. The maximum Gasteiger partial charge on any atom is 0.343 e. The normalized spacial score (nSPS) is 10.6. The number of benzene rings is 3. The predicted molar refractivity (Wildman–Crippen MR) is 134 cm³/mol. The van der Waals surface area contributed by atoms with Crippen LogP contribution in [0.1, 0.15) is 26.3 Å². The van der Waals surface area contributed by atoms with E-state index in [0.29, 0.717) is 26.9 Å². The van der Waals surface area contributed by atoms with E-state index in [1.807, 2.05) is 0 Å². The largest absolute Gasteiger partial charge is 0.493 e. The smallest absolute Gasteiger partial charge is 0.343 e. The van der Waals surface area contributed by atoms with Crippen LogP contribution in [0.25, 0.3) is 0 Å². The summed E-state index contributed by atoms with van der Waals surface area (Å²) in [4.78, 5) is 36.5. The molecule has 0 aromatic heterocycles. The van der Waals surface area contributed by atoms with Crippen molar-refractivity contribution in [2.24, 2.45) is 5.10 Å². The molecule has 0 radical (unpaired) electrons. The Balaban J connectivity index is 1.55. The third-order valence-corrected chi connectivity index (χ3v) is 5.57. The number of carbonyl (C=O) groups excluding carboxylic acids is 3. The van der Waals surface area contributed by atoms with Crippen molar-refractivity contribution in [3.63, 3.8) is 0 Å². The van der Waals surface area contributed by atoms with Gasteiger partial charge in [0.15, 0.2) is 11.5 Å². The summed E-state index contributed by atoms with van der Waals surface area (Å²) < 4.78 is 12.1. The first-order valence-corrected chi connectivity index (χ1v) is 11.5. The summed E-state index contributed by atoms with van der Waals surface area (Å²) in [5.74, 6) is -0.854. The molecule has 0 saturated carbocycles. The number of nitrogens with zero attached hydrogens (tertiary/aromatic N) is 1. The van der Waals surface area contributed by atoms with Gasteiger partial charge in [0.1, 0.15) is 0 Å². The van der Waals surface area contributed by atoms with E-state index in [9.17, 15) is 14.4 Å². The molecule has 174 valence electrons. The van der Waals surface area contributed by atoms with Crippen molar-refractivity contribution in [3.8, 4) is 11.5 Å².